The Bertz CT molecular complexity index is 1760. The monoisotopic (exact) mass is 560 g/mol. The smallest absolute Gasteiger partial charge is 0.238 e. The molecule has 3 aliphatic rings. The minimum atomic E-state index is -1.36. The number of carbonyl (C=O) groups excluding carboxylic acids is 3. The van der Waals surface area contributed by atoms with E-state index in [1.54, 1.807) is 55.6 Å². The second kappa shape index (κ2) is 9.46. The Morgan fingerprint density at radius 3 is 2.44 bits per heavy atom. The number of ketones is 2. The number of carbonyl (C=O) groups is 3. The number of amides is 1. The molecule has 1 spiro atoms. The molecule has 7 rings (SSSR count). The molecule has 0 aromatic heterocycles. The second-order valence-corrected chi connectivity index (χ2v) is 11.0. The van der Waals surface area contributed by atoms with Gasteiger partial charge in [0.25, 0.3) is 0 Å². The zero-order valence-electron chi connectivity index (χ0n) is 22.1. The van der Waals surface area contributed by atoms with Crippen molar-refractivity contribution in [3.8, 4) is 5.75 Å². The number of Topliss-reactive ketones (excluding diaryl/α,β-unsaturated/α-hetero) is 2. The van der Waals surface area contributed by atoms with Crippen LogP contribution in [0.5, 0.6) is 5.75 Å². The fourth-order valence-electron chi connectivity index (χ4n) is 6.86. The van der Waals surface area contributed by atoms with Crippen molar-refractivity contribution in [3.05, 3.63) is 130 Å². The van der Waals surface area contributed by atoms with Crippen molar-refractivity contribution in [2.45, 2.75) is 17.5 Å². The summed E-state index contributed by atoms with van der Waals surface area (Å²) >= 11 is 6.17. The number of halogens is 1. The van der Waals surface area contributed by atoms with Crippen LogP contribution in [0.2, 0.25) is 5.02 Å². The van der Waals surface area contributed by atoms with E-state index in [0.29, 0.717) is 33.1 Å². The molecule has 0 unspecified atom stereocenters. The minimum Gasteiger partial charge on any atom is -0.497 e. The molecule has 0 bridgehead atoms. The molecule has 41 heavy (non-hydrogen) atoms. The first-order chi connectivity index (χ1) is 19.9. The van der Waals surface area contributed by atoms with E-state index in [2.05, 4.69) is 5.32 Å². The molecule has 3 aliphatic heterocycles. The van der Waals surface area contributed by atoms with Gasteiger partial charge >= 0.3 is 0 Å². The van der Waals surface area contributed by atoms with Gasteiger partial charge in [-0.2, -0.15) is 0 Å². The highest BCUT2D eigenvalue weighted by atomic mass is 35.5. The Labute approximate surface area is 242 Å². The molecule has 1 saturated heterocycles. The maximum atomic E-state index is 14.7. The number of methoxy groups -OCH3 is 1. The zero-order valence-corrected chi connectivity index (χ0v) is 22.8. The van der Waals surface area contributed by atoms with Gasteiger partial charge in [0, 0.05) is 27.5 Å². The number of benzene rings is 4. The lowest BCUT2D eigenvalue weighted by Gasteiger charge is -2.37. The summed E-state index contributed by atoms with van der Waals surface area (Å²) in [6.07, 6.45) is 3.94. The van der Waals surface area contributed by atoms with Crippen molar-refractivity contribution in [1.29, 1.82) is 0 Å². The largest absolute Gasteiger partial charge is 0.497 e. The average molecular weight is 561 g/mol. The van der Waals surface area contributed by atoms with Crippen molar-refractivity contribution in [2.24, 2.45) is 5.92 Å². The van der Waals surface area contributed by atoms with E-state index in [-0.39, 0.29) is 17.5 Å². The molecule has 4 aromatic carbocycles. The van der Waals surface area contributed by atoms with Crippen LogP contribution in [0.3, 0.4) is 0 Å². The van der Waals surface area contributed by atoms with Gasteiger partial charge in [-0.3, -0.25) is 14.4 Å². The first kappa shape index (κ1) is 25.3. The van der Waals surface area contributed by atoms with Crippen LogP contribution in [0.1, 0.15) is 31.8 Å². The van der Waals surface area contributed by atoms with Crippen LogP contribution in [-0.4, -0.2) is 36.7 Å². The molecule has 0 radical (unpaired) electrons. The number of hydrogen-bond acceptors (Lipinski definition) is 5. The first-order valence-electron chi connectivity index (χ1n) is 13.4. The van der Waals surface area contributed by atoms with Crippen molar-refractivity contribution in [1.82, 2.24) is 0 Å². The van der Waals surface area contributed by atoms with E-state index in [9.17, 15) is 14.4 Å². The molecular formula is C34H25ClN2O4. The fourth-order valence-corrected chi connectivity index (χ4v) is 6.99. The molecule has 1 amide bonds. The maximum Gasteiger partial charge on any atom is 0.238 e. The van der Waals surface area contributed by atoms with E-state index < -0.39 is 23.4 Å². The molecule has 0 aliphatic carbocycles. The molecule has 202 valence electrons. The molecule has 3 heterocycles. The number of rotatable bonds is 5. The standard InChI is InChI=1S/C34H25ClN2O4/c1-41-24-9-6-8-22(19-24)32(39)30-29(31(38)21-13-16-23(35)17-14-21)34(25-10-3-4-11-26(25)36-33(34)40)28-18-15-20-7-2-5-12-27(20)37(28)30/h2-19,28-30H,1H3,(H,36,40)/t28-,29-,30+,34-/m1/s1. The highest BCUT2D eigenvalue weighted by Crippen LogP contribution is 2.58. The van der Waals surface area contributed by atoms with Gasteiger partial charge in [0.15, 0.2) is 11.6 Å². The van der Waals surface area contributed by atoms with Gasteiger partial charge in [-0.1, -0.05) is 72.3 Å². The summed E-state index contributed by atoms with van der Waals surface area (Å²) in [5.41, 5.74) is 2.48. The third-order valence-electron chi connectivity index (χ3n) is 8.58. The van der Waals surface area contributed by atoms with Crippen LogP contribution >= 0.6 is 11.6 Å². The van der Waals surface area contributed by atoms with Gasteiger partial charge in [0.1, 0.15) is 17.2 Å². The zero-order chi connectivity index (χ0) is 28.3. The summed E-state index contributed by atoms with van der Waals surface area (Å²) < 4.78 is 5.42. The fraction of sp³-hybridized carbons (Fsp3) is 0.147. The topological polar surface area (TPSA) is 75.7 Å². The SMILES string of the molecule is COc1cccc(C(=O)[C@@H]2[C@H](C(=O)c3ccc(Cl)cc3)[C@]3(C(=O)Nc4ccccc43)[C@H]3C=Cc4ccccc4N23)c1. The summed E-state index contributed by atoms with van der Waals surface area (Å²) in [5.74, 6) is -1.38. The van der Waals surface area contributed by atoms with E-state index in [1.807, 2.05) is 65.6 Å². The van der Waals surface area contributed by atoms with Crippen LogP contribution in [-0.2, 0) is 10.2 Å². The molecular weight excluding hydrogens is 536 g/mol. The second-order valence-electron chi connectivity index (χ2n) is 10.5. The van der Waals surface area contributed by atoms with Crippen molar-refractivity contribution >= 4 is 46.5 Å². The molecule has 1 fully saturated rings. The molecule has 6 nitrogen and oxygen atoms in total. The number of fused-ring (bicyclic) bond motifs is 6. The van der Waals surface area contributed by atoms with E-state index in [1.165, 1.54) is 0 Å². The maximum absolute atomic E-state index is 14.7. The lowest BCUT2D eigenvalue weighted by molar-refractivity contribution is -0.121. The Morgan fingerprint density at radius 1 is 0.878 bits per heavy atom. The van der Waals surface area contributed by atoms with Gasteiger partial charge < -0.3 is 15.0 Å². The third kappa shape index (κ3) is 3.60. The summed E-state index contributed by atoms with van der Waals surface area (Å²) in [5, 5.41) is 3.54. The van der Waals surface area contributed by atoms with Gasteiger partial charge in [0.05, 0.1) is 19.1 Å². The predicted octanol–water partition coefficient (Wildman–Crippen LogP) is 6.20. The van der Waals surface area contributed by atoms with E-state index in [0.717, 1.165) is 11.3 Å². The lowest BCUT2D eigenvalue weighted by Crippen LogP contribution is -2.51. The van der Waals surface area contributed by atoms with Crippen LogP contribution < -0.4 is 15.0 Å². The third-order valence-corrected chi connectivity index (χ3v) is 8.83. The van der Waals surface area contributed by atoms with Crippen LogP contribution in [0.25, 0.3) is 6.08 Å². The number of nitrogens with one attached hydrogen (secondary N) is 1. The van der Waals surface area contributed by atoms with Crippen molar-refractivity contribution in [2.75, 3.05) is 17.3 Å². The van der Waals surface area contributed by atoms with Crippen LogP contribution in [0.15, 0.2) is 103 Å². The summed E-state index contributed by atoms with van der Waals surface area (Å²) in [6, 6.07) is 27.2. The van der Waals surface area contributed by atoms with E-state index >= 15 is 0 Å². The molecule has 4 aromatic rings. The van der Waals surface area contributed by atoms with Gasteiger partial charge in [-0.15, -0.1) is 0 Å². The van der Waals surface area contributed by atoms with Gasteiger partial charge in [-0.05, 0) is 59.7 Å². The highest BCUT2D eigenvalue weighted by Gasteiger charge is 2.70. The Hall–Kier alpha value is -4.68. The van der Waals surface area contributed by atoms with Crippen LogP contribution in [0, 0.1) is 5.92 Å². The van der Waals surface area contributed by atoms with Crippen molar-refractivity contribution < 1.29 is 19.1 Å². The molecule has 0 saturated carbocycles. The van der Waals surface area contributed by atoms with Crippen LogP contribution in [0.4, 0.5) is 11.4 Å². The molecule has 4 atom stereocenters. The normalized spacial score (nSPS) is 23.5. The molecule has 1 N–H and O–H groups in total. The average Bonchev–Trinajstić information content (AvgIpc) is 3.49. The number of hydrogen-bond donors (Lipinski definition) is 1. The summed E-state index contributed by atoms with van der Waals surface area (Å²) in [6.45, 7) is 0. The quantitative estimate of drug-likeness (QED) is 0.294. The number of nitrogens with zero attached hydrogens (tertiary/aromatic N) is 1. The molecule has 7 heteroatoms. The number of anilines is 2. The summed E-state index contributed by atoms with van der Waals surface area (Å²) in [4.78, 5) is 45.8. The summed E-state index contributed by atoms with van der Waals surface area (Å²) in [7, 11) is 1.54. The van der Waals surface area contributed by atoms with Crippen molar-refractivity contribution in [3.63, 3.8) is 0 Å². The minimum absolute atomic E-state index is 0.264. The van der Waals surface area contributed by atoms with E-state index in [4.69, 9.17) is 16.3 Å². The number of para-hydroxylation sites is 2. The lowest BCUT2D eigenvalue weighted by atomic mass is 9.64. The Balaban J connectivity index is 1.53. The number of ether oxygens (including phenoxy) is 1. The Kier molecular flexibility index (Phi) is 5.84. The highest BCUT2D eigenvalue weighted by molar-refractivity contribution is 6.30. The predicted molar refractivity (Wildman–Crippen MR) is 159 cm³/mol. The van der Waals surface area contributed by atoms with Gasteiger partial charge in [-0.25, -0.2) is 0 Å². The Morgan fingerprint density at radius 2 is 1.63 bits per heavy atom. The van der Waals surface area contributed by atoms with Gasteiger partial charge in [0.2, 0.25) is 5.91 Å². The first-order valence-corrected chi connectivity index (χ1v) is 13.8.